The second-order valence-corrected chi connectivity index (χ2v) is 21.0. The van der Waals surface area contributed by atoms with Gasteiger partial charge < -0.3 is 5.11 Å². The van der Waals surface area contributed by atoms with E-state index in [4.69, 9.17) is 0 Å². The summed E-state index contributed by atoms with van der Waals surface area (Å²) >= 11 is 0. The van der Waals surface area contributed by atoms with Crippen LogP contribution in [0, 0.1) is 56.7 Å². The molecule has 268 valence electrons. The zero-order valence-corrected chi connectivity index (χ0v) is 31.9. The molecular weight excluding hydrogens is 627 g/mol. The number of carboxylic acid groups (broad SMARTS) is 1. The van der Waals surface area contributed by atoms with Crippen LogP contribution >= 0.6 is 0 Å². The molecule has 5 fully saturated rings. The third kappa shape index (κ3) is 5.39. The zero-order chi connectivity index (χ0) is 35.2. The van der Waals surface area contributed by atoms with Crippen molar-refractivity contribution in [2.24, 2.45) is 56.7 Å². The molecule has 6 heteroatoms. The van der Waals surface area contributed by atoms with E-state index in [-0.39, 0.29) is 27.1 Å². The second kappa shape index (κ2) is 11.9. The highest BCUT2D eigenvalue weighted by molar-refractivity contribution is 7.91. The standard InChI is InChI=1S/C43H61NO4S/c1-29(2)32-15-21-43(18-8-24-44-25-27-49(47,48)28-26-44)23-22-41(6)34(37(32)43)13-14-36-40(5)19-16-33(30-9-11-31(12-10-30)38(45)46)39(3,4)35(40)17-20-42(36,41)7/h8-12,16,18,32,34-37H,1,13-15,17,19-28H2,2-7H3,(H,45,46)/b18-8+/t32-,34?,35?,36?,37?,40-,41+,42+,43+/m0/s1. The summed E-state index contributed by atoms with van der Waals surface area (Å²) in [6, 6.07) is 7.58. The van der Waals surface area contributed by atoms with Crippen molar-refractivity contribution in [1.29, 1.82) is 0 Å². The number of sulfone groups is 1. The van der Waals surface area contributed by atoms with E-state index < -0.39 is 15.8 Å². The summed E-state index contributed by atoms with van der Waals surface area (Å²) in [6.07, 6.45) is 18.8. The predicted octanol–water partition coefficient (Wildman–Crippen LogP) is 9.32. The summed E-state index contributed by atoms with van der Waals surface area (Å²) in [5.41, 5.74) is 5.32. The number of hydrogen-bond donors (Lipinski definition) is 1. The van der Waals surface area contributed by atoms with Gasteiger partial charge in [0.15, 0.2) is 9.84 Å². The average molecular weight is 688 g/mol. The van der Waals surface area contributed by atoms with E-state index >= 15 is 0 Å². The van der Waals surface area contributed by atoms with Crippen LogP contribution in [0.3, 0.4) is 0 Å². The van der Waals surface area contributed by atoms with E-state index in [1.54, 1.807) is 12.1 Å². The first-order chi connectivity index (χ1) is 23.0. The molecule has 0 aromatic heterocycles. The molecule has 4 saturated carbocycles. The number of fused-ring (bicyclic) bond motifs is 7. The van der Waals surface area contributed by atoms with Gasteiger partial charge in [0, 0.05) is 19.6 Å². The normalized spacial score (nSPS) is 42.7. The van der Waals surface area contributed by atoms with E-state index in [0.29, 0.717) is 59.7 Å². The summed E-state index contributed by atoms with van der Waals surface area (Å²) in [6.45, 7) is 22.0. The Bertz CT molecular complexity index is 1660. The quantitative estimate of drug-likeness (QED) is 0.302. The minimum Gasteiger partial charge on any atom is -0.478 e. The van der Waals surface area contributed by atoms with Crippen LogP contribution in [0.4, 0.5) is 0 Å². The van der Waals surface area contributed by atoms with Gasteiger partial charge in [0.05, 0.1) is 17.1 Å². The molecule has 0 amide bonds. The maximum Gasteiger partial charge on any atom is 0.335 e. The predicted molar refractivity (Wildman–Crippen MR) is 200 cm³/mol. The first-order valence-corrected chi connectivity index (χ1v) is 21.1. The van der Waals surface area contributed by atoms with E-state index in [1.165, 1.54) is 68.1 Å². The van der Waals surface area contributed by atoms with Crippen LogP contribution in [-0.2, 0) is 9.84 Å². The number of carbonyl (C=O) groups is 1. The molecule has 1 saturated heterocycles. The number of nitrogens with zero attached hydrogens (tertiary/aromatic N) is 1. The van der Waals surface area contributed by atoms with Crippen molar-refractivity contribution >= 4 is 21.4 Å². The van der Waals surface area contributed by atoms with Crippen molar-refractivity contribution in [3.05, 3.63) is 65.8 Å². The van der Waals surface area contributed by atoms with Gasteiger partial charge in [-0.05, 0) is 145 Å². The van der Waals surface area contributed by atoms with Crippen LogP contribution in [0.15, 0.2) is 54.6 Å². The molecule has 6 aliphatic rings. The molecule has 5 nitrogen and oxygen atoms in total. The van der Waals surface area contributed by atoms with E-state index in [9.17, 15) is 18.3 Å². The molecule has 1 aromatic carbocycles. The van der Waals surface area contributed by atoms with Crippen LogP contribution < -0.4 is 0 Å². The molecule has 1 N–H and O–H groups in total. The molecular formula is C43H61NO4S. The lowest BCUT2D eigenvalue weighted by Gasteiger charge is -2.72. The Morgan fingerprint density at radius 3 is 2.27 bits per heavy atom. The first kappa shape index (κ1) is 35.2. The highest BCUT2D eigenvalue weighted by Crippen LogP contribution is 2.78. The number of hydrogen-bond acceptors (Lipinski definition) is 4. The highest BCUT2D eigenvalue weighted by atomic mass is 32.2. The Kier molecular flexibility index (Phi) is 8.58. The Labute approximate surface area is 296 Å². The maximum absolute atomic E-state index is 12.0. The summed E-state index contributed by atoms with van der Waals surface area (Å²) < 4.78 is 24.0. The first-order valence-electron chi connectivity index (χ1n) is 19.3. The largest absolute Gasteiger partial charge is 0.478 e. The van der Waals surface area contributed by atoms with Gasteiger partial charge in [-0.2, -0.15) is 0 Å². The summed E-state index contributed by atoms with van der Waals surface area (Å²) in [5.74, 6) is 2.87. The summed E-state index contributed by atoms with van der Waals surface area (Å²) in [5, 5.41) is 9.48. The van der Waals surface area contributed by atoms with Gasteiger partial charge in [0.25, 0.3) is 0 Å². The Morgan fingerprint density at radius 1 is 0.918 bits per heavy atom. The lowest BCUT2D eigenvalue weighted by atomic mass is 9.32. The summed E-state index contributed by atoms with van der Waals surface area (Å²) in [7, 11) is -2.86. The third-order valence-electron chi connectivity index (χ3n) is 16.4. The maximum atomic E-state index is 12.0. The number of benzene rings is 1. The van der Waals surface area contributed by atoms with Crippen molar-refractivity contribution in [3.8, 4) is 0 Å². The van der Waals surface area contributed by atoms with Crippen molar-refractivity contribution in [1.82, 2.24) is 4.90 Å². The molecule has 0 spiro atoms. The number of rotatable bonds is 6. The Hall–Kier alpha value is -2.18. The molecule has 1 heterocycles. The van der Waals surface area contributed by atoms with Gasteiger partial charge in [-0.25, -0.2) is 13.2 Å². The molecule has 49 heavy (non-hydrogen) atoms. The van der Waals surface area contributed by atoms with Crippen LogP contribution in [0.1, 0.15) is 115 Å². The fraction of sp³-hybridized carbons (Fsp3) is 0.698. The van der Waals surface area contributed by atoms with Gasteiger partial charge in [-0.15, -0.1) is 0 Å². The zero-order valence-electron chi connectivity index (χ0n) is 31.1. The van der Waals surface area contributed by atoms with Gasteiger partial charge in [-0.3, -0.25) is 4.90 Å². The molecule has 0 bridgehead atoms. The van der Waals surface area contributed by atoms with Crippen molar-refractivity contribution in [3.63, 3.8) is 0 Å². The van der Waals surface area contributed by atoms with Gasteiger partial charge in [0.2, 0.25) is 0 Å². The lowest BCUT2D eigenvalue weighted by Crippen LogP contribution is -2.65. The SMILES string of the molecule is C=C(C)[C@@H]1CC[C@]2(/C=C/CN3CCS(=O)(=O)CC3)CC[C@]3(C)C(CCC4[C@@]5(C)CC=C(c6ccc(C(=O)O)cc6)C(C)(C)C5CC[C@]43C)C12. The molecule has 4 unspecified atom stereocenters. The molecule has 1 aromatic rings. The molecule has 7 rings (SSSR count). The molecule has 9 atom stereocenters. The monoisotopic (exact) mass is 687 g/mol. The van der Waals surface area contributed by atoms with Crippen molar-refractivity contribution in [2.45, 2.75) is 99.3 Å². The average Bonchev–Trinajstić information content (AvgIpc) is 3.42. The minimum absolute atomic E-state index is 0.0123. The van der Waals surface area contributed by atoms with E-state index in [1.807, 2.05) is 12.1 Å². The number of carboxylic acids is 1. The third-order valence-corrected chi connectivity index (χ3v) is 18.0. The number of allylic oxidation sites excluding steroid dienone is 4. The number of aromatic carboxylic acids is 1. The Balaban J connectivity index is 1.17. The van der Waals surface area contributed by atoms with Crippen molar-refractivity contribution < 1.29 is 18.3 Å². The van der Waals surface area contributed by atoms with E-state index in [0.717, 1.165) is 13.0 Å². The summed E-state index contributed by atoms with van der Waals surface area (Å²) in [4.78, 5) is 13.9. The van der Waals surface area contributed by atoms with Crippen LogP contribution in [0.2, 0.25) is 0 Å². The van der Waals surface area contributed by atoms with E-state index in [2.05, 4.69) is 71.2 Å². The fourth-order valence-electron chi connectivity index (χ4n) is 13.7. The molecule has 5 aliphatic carbocycles. The Morgan fingerprint density at radius 2 is 1.61 bits per heavy atom. The lowest BCUT2D eigenvalue weighted by molar-refractivity contribution is -0.221. The smallest absolute Gasteiger partial charge is 0.335 e. The van der Waals surface area contributed by atoms with Gasteiger partial charge in [-0.1, -0.05) is 77.1 Å². The van der Waals surface area contributed by atoms with Crippen LogP contribution in [-0.4, -0.2) is 55.5 Å². The van der Waals surface area contributed by atoms with Gasteiger partial charge >= 0.3 is 5.97 Å². The minimum atomic E-state index is -2.86. The van der Waals surface area contributed by atoms with Crippen LogP contribution in [0.25, 0.3) is 5.57 Å². The van der Waals surface area contributed by atoms with Crippen LogP contribution in [0.5, 0.6) is 0 Å². The second-order valence-electron chi connectivity index (χ2n) is 18.7. The fourth-order valence-corrected chi connectivity index (χ4v) is 15.0. The van der Waals surface area contributed by atoms with Gasteiger partial charge in [0.1, 0.15) is 0 Å². The van der Waals surface area contributed by atoms with Crippen molar-refractivity contribution in [2.75, 3.05) is 31.1 Å². The molecule has 1 aliphatic heterocycles. The highest BCUT2D eigenvalue weighted by Gasteiger charge is 2.70. The topological polar surface area (TPSA) is 74.7 Å². The molecule has 0 radical (unpaired) electrons.